The fourth-order valence-electron chi connectivity index (χ4n) is 3.85. The maximum absolute atomic E-state index is 12.8. The lowest BCUT2D eigenvalue weighted by Crippen LogP contribution is -2.28. The second-order valence-corrected chi connectivity index (χ2v) is 7.11. The number of nitrogens with one attached hydrogen (secondary N) is 2. The summed E-state index contributed by atoms with van der Waals surface area (Å²) in [5.41, 5.74) is 4.12. The largest absolute Gasteiger partial charge is 0.451 e. The predicted octanol–water partition coefficient (Wildman–Crippen LogP) is 5.48. The van der Waals surface area contributed by atoms with Gasteiger partial charge in [0, 0.05) is 34.9 Å². The standard InChI is InChI=1S/C25H20N2O2/c28-25(24-14-18-10-4-7-13-23(18)29-24)27-15-20(17-8-2-1-3-9-17)21-16-26-22-12-6-5-11-19(21)22/h1-14,16,20,26H,15H2,(H,27,28)/t20-/m0/s1. The van der Waals surface area contributed by atoms with E-state index in [1.54, 1.807) is 6.07 Å². The summed E-state index contributed by atoms with van der Waals surface area (Å²) in [6.45, 7) is 0.474. The minimum Gasteiger partial charge on any atom is -0.451 e. The number of rotatable bonds is 5. The highest BCUT2D eigenvalue weighted by molar-refractivity contribution is 5.96. The summed E-state index contributed by atoms with van der Waals surface area (Å²) in [5.74, 6) is 0.152. The molecule has 0 aliphatic rings. The fraction of sp³-hybridized carbons (Fsp3) is 0.0800. The first kappa shape index (κ1) is 17.3. The number of aromatic nitrogens is 1. The molecule has 29 heavy (non-hydrogen) atoms. The molecule has 5 aromatic rings. The lowest BCUT2D eigenvalue weighted by molar-refractivity contribution is 0.0927. The molecule has 0 unspecified atom stereocenters. The van der Waals surface area contributed by atoms with Crippen molar-refractivity contribution in [2.45, 2.75) is 5.92 Å². The number of aromatic amines is 1. The molecular weight excluding hydrogens is 360 g/mol. The number of fused-ring (bicyclic) bond motifs is 2. The number of furan rings is 1. The lowest BCUT2D eigenvalue weighted by Gasteiger charge is -2.18. The summed E-state index contributed by atoms with van der Waals surface area (Å²) in [4.78, 5) is 16.1. The van der Waals surface area contributed by atoms with Crippen molar-refractivity contribution in [2.75, 3.05) is 6.54 Å². The third-order valence-corrected chi connectivity index (χ3v) is 5.31. The number of carbonyl (C=O) groups is 1. The molecule has 5 rings (SSSR count). The molecule has 4 heteroatoms. The Morgan fingerprint density at radius 3 is 2.55 bits per heavy atom. The molecule has 0 radical (unpaired) electrons. The van der Waals surface area contributed by atoms with E-state index in [9.17, 15) is 4.79 Å². The third-order valence-electron chi connectivity index (χ3n) is 5.31. The number of H-pyrrole nitrogens is 1. The van der Waals surface area contributed by atoms with E-state index < -0.39 is 0 Å². The Kier molecular flexibility index (Phi) is 4.37. The molecule has 0 aliphatic carbocycles. The van der Waals surface area contributed by atoms with Gasteiger partial charge in [0.1, 0.15) is 5.58 Å². The van der Waals surface area contributed by atoms with Gasteiger partial charge in [0.25, 0.3) is 5.91 Å². The Morgan fingerprint density at radius 1 is 0.931 bits per heavy atom. The zero-order valence-electron chi connectivity index (χ0n) is 15.8. The second kappa shape index (κ2) is 7.32. The molecule has 2 N–H and O–H groups in total. The van der Waals surface area contributed by atoms with Crippen LogP contribution in [0, 0.1) is 0 Å². The van der Waals surface area contributed by atoms with Crippen molar-refractivity contribution < 1.29 is 9.21 Å². The van der Waals surface area contributed by atoms with Gasteiger partial charge in [-0.3, -0.25) is 4.79 Å². The molecule has 4 nitrogen and oxygen atoms in total. The number of amides is 1. The van der Waals surface area contributed by atoms with Crippen LogP contribution in [0.25, 0.3) is 21.9 Å². The number of hydrogen-bond acceptors (Lipinski definition) is 2. The molecule has 0 saturated heterocycles. The summed E-state index contributed by atoms with van der Waals surface area (Å²) in [6.07, 6.45) is 2.04. The van der Waals surface area contributed by atoms with Crippen molar-refractivity contribution in [3.63, 3.8) is 0 Å². The van der Waals surface area contributed by atoms with Crippen LogP contribution in [0.5, 0.6) is 0 Å². The molecule has 142 valence electrons. The van der Waals surface area contributed by atoms with Crippen LogP contribution in [0.15, 0.2) is 95.5 Å². The van der Waals surface area contributed by atoms with E-state index in [2.05, 4.69) is 34.6 Å². The quantitative estimate of drug-likeness (QED) is 0.424. The summed E-state index contributed by atoms with van der Waals surface area (Å²) in [5, 5.41) is 5.16. The van der Waals surface area contributed by atoms with Crippen molar-refractivity contribution in [2.24, 2.45) is 0 Å². The summed E-state index contributed by atoms with van der Waals surface area (Å²) < 4.78 is 5.71. The highest BCUT2D eigenvalue weighted by atomic mass is 16.3. The molecule has 1 amide bonds. The van der Waals surface area contributed by atoms with Crippen LogP contribution >= 0.6 is 0 Å². The van der Waals surface area contributed by atoms with Gasteiger partial charge in [-0.2, -0.15) is 0 Å². The van der Waals surface area contributed by atoms with E-state index in [1.165, 1.54) is 5.39 Å². The van der Waals surface area contributed by atoms with Crippen LogP contribution < -0.4 is 5.32 Å². The molecule has 0 bridgehead atoms. The first-order valence-electron chi connectivity index (χ1n) is 9.67. The fourth-order valence-corrected chi connectivity index (χ4v) is 3.85. The maximum Gasteiger partial charge on any atom is 0.287 e. The average molecular weight is 380 g/mol. The molecule has 0 spiro atoms. The normalized spacial score (nSPS) is 12.3. The van der Waals surface area contributed by atoms with Gasteiger partial charge in [-0.15, -0.1) is 0 Å². The van der Waals surface area contributed by atoms with Crippen molar-refractivity contribution in [3.8, 4) is 0 Å². The molecule has 2 aromatic heterocycles. The Labute approximate surface area is 168 Å². The van der Waals surface area contributed by atoms with Gasteiger partial charge in [-0.1, -0.05) is 66.7 Å². The van der Waals surface area contributed by atoms with Crippen molar-refractivity contribution in [1.82, 2.24) is 10.3 Å². The Hall–Kier alpha value is -3.79. The van der Waals surface area contributed by atoms with Gasteiger partial charge in [0.15, 0.2) is 5.76 Å². The van der Waals surface area contributed by atoms with E-state index in [0.717, 1.165) is 22.0 Å². The molecule has 0 saturated carbocycles. The monoisotopic (exact) mass is 380 g/mol. The minimum absolute atomic E-state index is 0.0284. The number of carbonyl (C=O) groups excluding carboxylic acids is 1. The summed E-state index contributed by atoms with van der Waals surface area (Å²) in [7, 11) is 0. The minimum atomic E-state index is -0.207. The van der Waals surface area contributed by atoms with E-state index in [1.807, 2.05) is 60.8 Å². The van der Waals surface area contributed by atoms with Crippen molar-refractivity contribution in [1.29, 1.82) is 0 Å². The van der Waals surface area contributed by atoms with Crippen LogP contribution in [0.1, 0.15) is 27.6 Å². The maximum atomic E-state index is 12.8. The van der Waals surface area contributed by atoms with Gasteiger partial charge in [0.05, 0.1) is 0 Å². The number of benzene rings is 3. The van der Waals surface area contributed by atoms with E-state index in [0.29, 0.717) is 17.9 Å². The zero-order valence-corrected chi connectivity index (χ0v) is 15.8. The number of para-hydroxylation sites is 2. The second-order valence-electron chi connectivity index (χ2n) is 7.11. The van der Waals surface area contributed by atoms with Gasteiger partial charge in [-0.05, 0) is 29.3 Å². The molecule has 0 fully saturated rings. The molecule has 2 heterocycles. The van der Waals surface area contributed by atoms with Gasteiger partial charge >= 0.3 is 0 Å². The highest BCUT2D eigenvalue weighted by Gasteiger charge is 2.20. The number of hydrogen-bond donors (Lipinski definition) is 2. The van der Waals surface area contributed by atoms with Gasteiger partial charge in [0.2, 0.25) is 0 Å². The summed E-state index contributed by atoms with van der Waals surface area (Å²) in [6, 6.07) is 27.9. The SMILES string of the molecule is O=C(NC[C@@H](c1ccccc1)c1c[nH]c2ccccc12)c1cc2ccccc2o1. The first-order chi connectivity index (χ1) is 14.3. The molecular formula is C25H20N2O2. The molecule has 3 aromatic carbocycles. The highest BCUT2D eigenvalue weighted by Crippen LogP contribution is 2.30. The van der Waals surface area contributed by atoms with Crippen LogP contribution in [0.4, 0.5) is 0 Å². The van der Waals surface area contributed by atoms with E-state index in [4.69, 9.17) is 4.42 Å². The predicted molar refractivity (Wildman–Crippen MR) is 115 cm³/mol. The molecule has 1 atom stereocenters. The smallest absolute Gasteiger partial charge is 0.287 e. The molecule has 0 aliphatic heterocycles. The van der Waals surface area contributed by atoms with Crippen LogP contribution in [-0.4, -0.2) is 17.4 Å². The van der Waals surface area contributed by atoms with Crippen LogP contribution in [0.2, 0.25) is 0 Å². The average Bonchev–Trinajstić information content (AvgIpc) is 3.39. The Bertz CT molecular complexity index is 1250. The Balaban J connectivity index is 1.45. The third kappa shape index (κ3) is 3.29. The van der Waals surface area contributed by atoms with E-state index in [-0.39, 0.29) is 11.8 Å². The van der Waals surface area contributed by atoms with Crippen LogP contribution in [0.3, 0.4) is 0 Å². The van der Waals surface area contributed by atoms with Gasteiger partial charge < -0.3 is 14.7 Å². The van der Waals surface area contributed by atoms with E-state index >= 15 is 0 Å². The Morgan fingerprint density at radius 2 is 1.69 bits per heavy atom. The first-order valence-corrected chi connectivity index (χ1v) is 9.67. The van der Waals surface area contributed by atoms with Crippen LogP contribution in [-0.2, 0) is 0 Å². The summed E-state index contributed by atoms with van der Waals surface area (Å²) >= 11 is 0. The van der Waals surface area contributed by atoms with Crippen molar-refractivity contribution >= 4 is 27.8 Å². The lowest BCUT2D eigenvalue weighted by atomic mass is 9.91. The zero-order chi connectivity index (χ0) is 19.6. The topological polar surface area (TPSA) is 58.0 Å². The van der Waals surface area contributed by atoms with Gasteiger partial charge in [-0.25, -0.2) is 0 Å². The van der Waals surface area contributed by atoms with Crippen molar-refractivity contribution in [3.05, 3.63) is 108 Å².